The zero-order valence-electron chi connectivity index (χ0n) is 10.5. The lowest BCUT2D eigenvalue weighted by Gasteiger charge is -2.19. The molecule has 0 saturated heterocycles. The first-order chi connectivity index (χ1) is 8.58. The molecule has 0 amide bonds. The van der Waals surface area contributed by atoms with Crippen LogP contribution in [0.2, 0.25) is 5.02 Å². The first-order valence-electron chi connectivity index (χ1n) is 5.98. The Hall–Kier alpha value is -0.710. The Labute approximate surface area is 116 Å². The van der Waals surface area contributed by atoms with Gasteiger partial charge in [-0.05, 0) is 38.8 Å². The van der Waals surface area contributed by atoms with Crippen molar-refractivity contribution in [2.24, 2.45) is 4.40 Å². The van der Waals surface area contributed by atoms with E-state index in [4.69, 9.17) is 16.3 Å². The summed E-state index contributed by atoms with van der Waals surface area (Å²) in [6.07, 6.45) is 3.58. The van der Waals surface area contributed by atoms with Crippen molar-refractivity contribution in [1.82, 2.24) is 0 Å². The second kappa shape index (κ2) is 5.95. The molecular weight excluding hydrogens is 270 g/mol. The lowest BCUT2D eigenvalue weighted by Crippen LogP contribution is -2.13. The van der Waals surface area contributed by atoms with Gasteiger partial charge in [-0.15, -0.1) is 0 Å². The largest absolute Gasteiger partial charge is 0.591 e. The Morgan fingerprint density at radius 2 is 2.28 bits per heavy atom. The van der Waals surface area contributed by atoms with Gasteiger partial charge in [0.2, 0.25) is 0 Å². The van der Waals surface area contributed by atoms with E-state index in [0.29, 0.717) is 5.02 Å². The Morgan fingerprint density at radius 1 is 1.50 bits per heavy atom. The molecule has 1 aliphatic heterocycles. The third-order valence-electron chi connectivity index (χ3n) is 2.74. The van der Waals surface area contributed by atoms with E-state index in [-0.39, 0.29) is 5.25 Å². The van der Waals surface area contributed by atoms with E-state index >= 15 is 0 Å². The summed E-state index contributed by atoms with van der Waals surface area (Å²) < 4.78 is 21.3. The molecule has 1 aliphatic rings. The highest BCUT2D eigenvalue weighted by Crippen LogP contribution is 2.30. The number of nitrogens with zero attached hydrogens (tertiary/aromatic N) is 1. The molecule has 0 aromatic heterocycles. The van der Waals surface area contributed by atoms with E-state index in [0.717, 1.165) is 36.3 Å². The van der Waals surface area contributed by atoms with Crippen molar-refractivity contribution in [3.63, 3.8) is 0 Å². The molecule has 2 rings (SSSR count). The Kier molecular flexibility index (Phi) is 4.54. The van der Waals surface area contributed by atoms with Crippen LogP contribution < -0.4 is 4.74 Å². The van der Waals surface area contributed by atoms with Gasteiger partial charge in [0, 0.05) is 16.1 Å². The van der Waals surface area contributed by atoms with Crippen LogP contribution in [0.3, 0.4) is 0 Å². The van der Waals surface area contributed by atoms with E-state index in [2.05, 4.69) is 4.40 Å². The minimum absolute atomic E-state index is 0.0208. The van der Waals surface area contributed by atoms with Crippen LogP contribution in [-0.4, -0.2) is 22.6 Å². The Balaban J connectivity index is 2.29. The van der Waals surface area contributed by atoms with Crippen molar-refractivity contribution in [2.45, 2.75) is 31.9 Å². The van der Waals surface area contributed by atoms with Crippen LogP contribution in [-0.2, 0) is 17.8 Å². The molecule has 5 heteroatoms. The second-order valence-corrected chi connectivity index (χ2v) is 6.63. The highest BCUT2D eigenvalue weighted by atomic mass is 35.5. The van der Waals surface area contributed by atoms with Crippen molar-refractivity contribution in [3.8, 4) is 5.75 Å². The monoisotopic (exact) mass is 285 g/mol. The molecule has 3 nitrogen and oxygen atoms in total. The summed E-state index contributed by atoms with van der Waals surface area (Å²) >= 11 is 4.85. The predicted molar refractivity (Wildman–Crippen MR) is 76.1 cm³/mol. The molecule has 0 radical (unpaired) electrons. The van der Waals surface area contributed by atoms with E-state index in [1.54, 1.807) is 6.21 Å². The molecule has 1 atom stereocenters. The van der Waals surface area contributed by atoms with Gasteiger partial charge in [-0.1, -0.05) is 16.0 Å². The normalized spacial score (nSPS) is 16.7. The van der Waals surface area contributed by atoms with E-state index in [1.165, 1.54) is 0 Å². The lowest BCUT2D eigenvalue weighted by molar-refractivity contribution is 0.288. The topological polar surface area (TPSA) is 44.7 Å². The van der Waals surface area contributed by atoms with Gasteiger partial charge in [0.05, 0.1) is 24.2 Å². The van der Waals surface area contributed by atoms with Crippen molar-refractivity contribution in [3.05, 3.63) is 28.3 Å². The number of halogens is 1. The van der Waals surface area contributed by atoms with Crippen LogP contribution in [0.15, 0.2) is 16.5 Å². The second-order valence-electron chi connectivity index (χ2n) is 4.48. The number of ether oxygens (including phenoxy) is 1. The van der Waals surface area contributed by atoms with Crippen molar-refractivity contribution < 1.29 is 9.29 Å². The summed E-state index contributed by atoms with van der Waals surface area (Å²) in [4.78, 5) is 0. The molecule has 0 fully saturated rings. The van der Waals surface area contributed by atoms with Crippen molar-refractivity contribution in [2.75, 3.05) is 6.61 Å². The fourth-order valence-corrected chi connectivity index (χ4v) is 2.48. The highest BCUT2D eigenvalue weighted by molar-refractivity contribution is 7.90. The molecular formula is C13H16ClNO2S. The maximum absolute atomic E-state index is 11.6. The lowest BCUT2D eigenvalue weighted by atomic mass is 10.0. The summed E-state index contributed by atoms with van der Waals surface area (Å²) in [6, 6.07) is 3.67. The van der Waals surface area contributed by atoms with Crippen molar-refractivity contribution in [1.29, 1.82) is 0 Å². The molecule has 0 aliphatic carbocycles. The van der Waals surface area contributed by atoms with Crippen LogP contribution in [0.4, 0.5) is 0 Å². The smallest absolute Gasteiger partial charge is 0.137 e. The van der Waals surface area contributed by atoms with Crippen LogP contribution in [0.25, 0.3) is 0 Å². The molecule has 98 valence electrons. The summed E-state index contributed by atoms with van der Waals surface area (Å²) in [5.41, 5.74) is 2.02. The van der Waals surface area contributed by atoms with E-state index in [1.807, 2.05) is 26.0 Å². The van der Waals surface area contributed by atoms with Gasteiger partial charge in [0.25, 0.3) is 0 Å². The van der Waals surface area contributed by atoms with Gasteiger partial charge in [-0.25, -0.2) is 0 Å². The number of fused-ring (bicyclic) bond motifs is 1. The minimum Gasteiger partial charge on any atom is -0.591 e. The van der Waals surface area contributed by atoms with Gasteiger partial charge in [0.1, 0.15) is 11.0 Å². The third kappa shape index (κ3) is 3.19. The Morgan fingerprint density at radius 3 is 3.00 bits per heavy atom. The minimum atomic E-state index is -1.19. The molecule has 1 unspecified atom stereocenters. The van der Waals surface area contributed by atoms with Gasteiger partial charge >= 0.3 is 0 Å². The zero-order chi connectivity index (χ0) is 13.1. The molecule has 18 heavy (non-hydrogen) atoms. The molecule has 0 spiro atoms. The van der Waals surface area contributed by atoms with Crippen LogP contribution >= 0.6 is 11.6 Å². The summed E-state index contributed by atoms with van der Waals surface area (Å²) in [6.45, 7) is 4.48. The van der Waals surface area contributed by atoms with Gasteiger partial charge in [-0.3, -0.25) is 0 Å². The number of benzene rings is 1. The molecule has 0 N–H and O–H groups in total. The van der Waals surface area contributed by atoms with E-state index in [9.17, 15) is 4.55 Å². The molecule has 1 aromatic rings. The standard InChI is InChI=1S/C13H16ClNO2S/c1-9(2)18(16)15-8-10-6-11(14)7-13-12(10)4-3-5-17-13/h6-9H,3-5H2,1-2H3. The highest BCUT2D eigenvalue weighted by Gasteiger charge is 2.16. The Bertz CT molecular complexity index is 463. The third-order valence-corrected chi connectivity index (χ3v) is 4.07. The first kappa shape index (κ1) is 13.7. The summed E-state index contributed by atoms with van der Waals surface area (Å²) in [5, 5.41) is 0.639. The molecule has 1 heterocycles. The number of rotatable bonds is 3. The van der Waals surface area contributed by atoms with Crippen LogP contribution in [0.5, 0.6) is 5.75 Å². The SMILES string of the molecule is CC(C)[S+]([O-])N=Cc1cc(Cl)cc2c1CCCO2. The molecule has 1 aromatic carbocycles. The van der Waals surface area contributed by atoms with Crippen LogP contribution in [0.1, 0.15) is 31.4 Å². The maximum atomic E-state index is 11.6. The van der Waals surface area contributed by atoms with Gasteiger partial charge < -0.3 is 9.29 Å². The summed E-state index contributed by atoms with van der Waals surface area (Å²) in [5.74, 6) is 0.825. The molecule has 0 bridgehead atoms. The van der Waals surface area contributed by atoms with Crippen LogP contribution in [0, 0.1) is 0 Å². The van der Waals surface area contributed by atoms with Crippen molar-refractivity contribution >= 4 is 29.2 Å². The maximum Gasteiger partial charge on any atom is 0.137 e. The summed E-state index contributed by atoms with van der Waals surface area (Å²) in [7, 11) is 0. The van der Waals surface area contributed by atoms with Gasteiger partial charge in [0.15, 0.2) is 0 Å². The zero-order valence-corrected chi connectivity index (χ0v) is 12.1. The first-order valence-corrected chi connectivity index (χ1v) is 7.52. The van der Waals surface area contributed by atoms with E-state index < -0.39 is 11.4 Å². The quantitative estimate of drug-likeness (QED) is 0.632. The fourth-order valence-electron chi connectivity index (χ4n) is 1.80. The predicted octanol–water partition coefficient (Wildman–Crippen LogP) is 3.16. The van der Waals surface area contributed by atoms with Gasteiger partial charge in [-0.2, -0.15) is 0 Å². The number of hydrogen-bond donors (Lipinski definition) is 0. The average Bonchev–Trinajstić information content (AvgIpc) is 2.35. The average molecular weight is 286 g/mol. The fraction of sp³-hybridized carbons (Fsp3) is 0.462. The molecule has 0 saturated carbocycles. The number of hydrogen-bond acceptors (Lipinski definition) is 3.